The Hall–Kier alpha value is -0.144. The molecule has 0 amide bonds. The smallest absolute Gasteiger partial charge is 1.00 e. The van der Waals surface area contributed by atoms with Gasteiger partial charge in [-0.3, -0.25) is 9.11 Å². The van der Waals surface area contributed by atoms with Crippen molar-refractivity contribution in [2.75, 3.05) is 11.5 Å². The van der Waals surface area contributed by atoms with Gasteiger partial charge in [-0.05, 0) is 60.8 Å². The molecule has 10 heteroatoms. The molecule has 258 valence electrons. The van der Waals surface area contributed by atoms with Crippen LogP contribution in [0.25, 0.3) is 0 Å². The number of hydrogen-bond donors (Lipinski definition) is 2. The molecule has 0 bridgehead atoms. The molecule has 2 aromatic carbocycles. The fourth-order valence-electron chi connectivity index (χ4n) is 5.71. The van der Waals surface area contributed by atoms with Crippen LogP contribution in [0.3, 0.4) is 0 Å². The van der Waals surface area contributed by atoms with Crippen LogP contribution in [0.15, 0.2) is 48.5 Å². The fourth-order valence-corrected chi connectivity index (χ4v) is 6.73. The number of ether oxygens (including phenoxy) is 1. The zero-order valence-corrected chi connectivity index (χ0v) is 33.4. The largest absolute Gasteiger partial charge is 1.00 e. The van der Waals surface area contributed by atoms with Crippen LogP contribution < -0.4 is 51.4 Å². The number of benzene rings is 2. The van der Waals surface area contributed by atoms with Crippen molar-refractivity contribution in [1.29, 1.82) is 0 Å². The first-order valence-electron chi connectivity index (χ1n) is 17.2. The van der Waals surface area contributed by atoms with Crippen LogP contribution in [0, 0.1) is 0 Å². The van der Waals surface area contributed by atoms with Crippen LogP contribution in [0.1, 0.15) is 152 Å². The van der Waals surface area contributed by atoms with Crippen molar-refractivity contribution in [3.05, 3.63) is 70.8 Å². The summed E-state index contributed by atoms with van der Waals surface area (Å²) in [5, 5.41) is 0. The molecule has 0 aliphatic rings. The molecule has 2 N–H and O–H groups in total. The number of hydrogen-bond acceptors (Lipinski definition) is 5. The van der Waals surface area contributed by atoms with Gasteiger partial charge in [0.25, 0.3) is 20.2 Å². The van der Waals surface area contributed by atoms with E-state index in [1.165, 1.54) is 88.2 Å². The van der Waals surface area contributed by atoms with E-state index < -0.39 is 43.9 Å². The van der Waals surface area contributed by atoms with E-state index in [0.717, 1.165) is 36.8 Å². The van der Waals surface area contributed by atoms with Gasteiger partial charge in [-0.1, -0.05) is 139 Å². The molecule has 46 heavy (non-hydrogen) atoms. The Bertz CT molecular complexity index is 1170. The number of rotatable bonds is 26. The van der Waals surface area contributed by atoms with E-state index >= 15 is 0 Å². The second kappa shape index (κ2) is 24.9. The van der Waals surface area contributed by atoms with Crippen LogP contribution in [0.2, 0.25) is 0 Å². The van der Waals surface area contributed by atoms with Crippen molar-refractivity contribution in [1.82, 2.24) is 0 Å². The average molecular weight is 707 g/mol. The maximum atomic E-state index is 11.7. The first-order chi connectivity index (χ1) is 21.5. The Kier molecular flexibility index (Phi) is 23.8. The van der Waals surface area contributed by atoms with Gasteiger partial charge in [-0.25, -0.2) is 0 Å². The third-order valence-electron chi connectivity index (χ3n) is 8.45. The molecule has 0 radical (unpaired) electrons. The molecule has 0 aliphatic carbocycles. The van der Waals surface area contributed by atoms with E-state index in [-0.39, 0.29) is 65.7 Å². The molecule has 0 fully saturated rings. The van der Waals surface area contributed by atoms with E-state index in [4.69, 9.17) is 4.74 Å². The minimum atomic E-state index is -4.23. The van der Waals surface area contributed by atoms with E-state index in [1.807, 2.05) is 48.5 Å². The minimum Gasteiger partial charge on any atom is -1.00 e. The maximum Gasteiger partial charge on any atom is 1.00 e. The van der Waals surface area contributed by atoms with E-state index in [0.29, 0.717) is 0 Å². The summed E-state index contributed by atoms with van der Waals surface area (Å²) in [5.74, 6) is -0.973. The van der Waals surface area contributed by atoms with Gasteiger partial charge in [0.15, 0.2) is 0 Å². The molecular formula is C36H59KO7S2. The van der Waals surface area contributed by atoms with Crippen LogP contribution in [-0.2, 0) is 37.8 Å². The molecule has 2 rings (SSSR count). The summed E-state index contributed by atoms with van der Waals surface area (Å²) in [4.78, 5) is 0. The summed E-state index contributed by atoms with van der Waals surface area (Å²) >= 11 is 0. The summed E-state index contributed by atoms with van der Waals surface area (Å²) in [6.07, 6.45) is 17.9. The molecular weight excluding hydrogens is 648 g/mol. The van der Waals surface area contributed by atoms with E-state index in [9.17, 15) is 25.9 Å². The molecule has 2 unspecified atom stereocenters. The van der Waals surface area contributed by atoms with Gasteiger partial charge in [0.05, 0.1) is 23.7 Å². The maximum absolute atomic E-state index is 11.7. The van der Waals surface area contributed by atoms with Crippen molar-refractivity contribution in [2.45, 2.75) is 142 Å². The Labute approximate surface area is 324 Å². The topological polar surface area (TPSA) is 118 Å². The molecule has 0 saturated carbocycles. The Morgan fingerprint density at radius 2 is 0.848 bits per heavy atom. The normalized spacial score (nSPS) is 13.3. The fraction of sp³-hybridized carbons (Fsp3) is 0.667. The Morgan fingerprint density at radius 3 is 1.15 bits per heavy atom. The van der Waals surface area contributed by atoms with Gasteiger partial charge in [0, 0.05) is 0 Å². The van der Waals surface area contributed by atoms with Gasteiger partial charge < -0.3 is 6.16 Å². The molecule has 2 aromatic rings. The quantitative estimate of drug-likeness (QED) is 0.0632. The van der Waals surface area contributed by atoms with Crippen LogP contribution >= 0.6 is 0 Å². The zero-order valence-electron chi connectivity index (χ0n) is 29.7. The number of aryl methyl sites for hydroxylation is 2. The third kappa shape index (κ3) is 21.1. The average Bonchev–Trinajstić information content (AvgIpc) is 3.00. The van der Waals surface area contributed by atoms with Gasteiger partial charge in [0.2, 0.25) is 0 Å². The second-order valence-electron chi connectivity index (χ2n) is 12.5. The van der Waals surface area contributed by atoms with E-state index in [1.54, 1.807) is 0 Å². The molecule has 0 aromatic heterocycles. The van der Waals surface area contributed by atoms with Crippen molar-refractivity contribution < 1.29 is 83.5 Å². The Balaban J connectivity index is 0.0000106. The molecule has 0 spiro atoms. The van der Waals surface area contributed by atoms with Crippen LogP contribution in [0.5, 0.6) is 0 Å². The summed E-state index contributed by atoms with van der Waals surface area (Å²) in [6.45, 7) is 4.44. The first-order valence-corrected chi connectivity index (χ1v) is 20.5. The molecule has 2 atom stereocenters. The summed E-state index contributed by atoms with van der Waals surface area (Å²) < 4.78 is 72.1. The number of unbranched alkanes of at least 4 members (excludes halogenated alkanes) is 12. The van der Waals surface area contributed by atoms with Crippen molar-refractivity contribution in [3.63, 3.8) is 0 Å². The predicted molar refractivity (Wildman–Crippen MR) is 186 cm³/mol. The predicted octanol–water partition coefficient (Wildman–Crippen LogP) is 6.74. The van der Waals surface area contributed by atoms with Crippen LogP contribution in [-0.4, -0.2) is 37.4 Å². The first kappa shape index (κ1) is 43.9. The Morgan fingerprint density at radius 1 is 0.543 bits per heavy atom. The van der Waals surface area contributed by atoms with Gasteiger partial charge >= 0.3 is 51.4 Å². The molecule has 0 saturated heterocycles. The van der Waals surface area contributed by atoms with Crippen molar-refractivity contribution in [3.8, 4) is 0 Å². The van der Waals surface area contributed by atoms with E-state index in [2.05, 4.69) is 13.8 Å². The van der Waals surface area contributed by atoms with Gasteiger partial charge in [-0.2, -0.15) is 16.8 Å². The van der Waals surface area contributed by atoms with Gasteiger partial charge in [0.1, 0.15) is 0 Å². The van der Waals surface area contributed by atoms with Gasteiger partial charge in [-0.15, -0.1) is 0 Å². The van der Waals surface area contributed by atoms with Crippen LogP contribution in [0.4, 0.5) is 0 Å². The third-order valence-corrected chi connectivity index (χ3v) is 9.95. The summed E-state index contributed by atoms with van der Waals surface area (Å²) in [5.41, 5.74) is 3.91. The SMILES string of the molecule is CCCCCCCCCc1ccc(C(CCS(=O)(=O)O)OC(CCS(=O)(=O)O)c2ccc(CCCCCCCCC)cc2)cc1.[H-].[K+]. The molecule has 7 nitrogen and oxygen atoms in total. The second-order valence-corrected chi connectivity index (χ2v) is 15.6. The standard InChI is InChI=1S/C36H58O7S2.K.H/c1-3-5-7-9-11-13-15-17-31-19-23-33(24-20-31)35(27-29-44(37,38)39)43-36(28-30-45(40,41)42)34-25-21-32(22-26-34)18-16-14-12-10-8-6-4-2;;/h19-26,35-36H,3-18,27-30H2,1-2H3,(H,37,38,39)(H,40,41,42);;/q;+1;-1. The molecule has 0 aliphatic heterocycles. The molecule has 0 heterocycles. The summed E-state index contributed by atoms with van der Waals surface area (Å²) in [6, 6.07) is 15.8. The summed E-state index contributed by atoms with van der Waals surface area (Å²) in [7, 11) is -8.47. The monoisotopic (exact) mass is 706 g/mol. The minimum absolute atomic E-state index is 0. The zero-order chi connectivity index (χ0) is 33.0. The van der Waals surface area contributed by atoms with Crippen molar-refractivity contribution in [2.24, 2.45) is 0 Å². The van der Waals surface area contributed by atoms with Crippen molar-refractivity contribution >= 4 is 20.2 Å².